The molecule has 1 spiro atoms. The largest absolute Gasteiger partial charge is 0.493 e. The van der Waals surface area contributed by atoms with Crippen LogP contribution in [0, 0.1) is 6.92 Å². The maximum atomic E-state index is 12.7. The predicted molar refractivity (Wildman–Crippen MR) is 119 cm³/mol. The number of ether oxygens (including phenoxy) is 2. The van der Waals surface area contributed by atoms with Gasteiger partial charge in [-0.1, -0.05) is 12.1 Å². The van der Waals surface area contributed by atoms with Crippen LogP contribution >= 0.6 is 0 Å². The molecule has 0 saturated carbocycles. The standard InChI is InChI=1S/C24H33F3N2O5/c1-17-6-7-19(20(15-17)33-14-3-5-21(30)31)16-29-11-4-8-23(29)9-12-28(13-10-23)22(32)34-18(2)24(25,26)27/h6-7,15,18H,3-5,8-14,16H2,1-2H3,(H,30,31). The van der Waals surface area contributed by atoms with Gasteiger partial charge in [-0.15, -0.1) is 0 Å². The topological polar surface area (TPSA) is 79.3 Å². The number of hydrogen-bond donors (Lipinski definition) is 1. The molecule has 2 aliphatic rings. The molecule has 34 heavy (non-hydrogen) atoms. The fraction of sp³-hybridized carbons (Fsp3) is 0.667. The summed E-state index contributed by atoms with van der Waals surface area (Å²) in [7, 11) is 0. The van der Waals surface area contributed by atoms with Crippen LogP contribution in [0.1, 0.15) is 56.6 Å². The second-order valence-corrected chi connectivity index (χ2v) is 9.26. The van der Waals surface area contributed by atoms with E-state index in [-0.39, 0.29) is 12.0 Å². The number of amides is 1. The van der Waals surface area contributed by atoms with Crippen LogP contribution in [-0.2, 0) is 16.1 Å². The molecule has 1 aromatic carbocycles. The van der Waals surface area contributed by atoms with Crippen LogP contribution in [0.2, 0.25) is 0 Å². The molecule has 0 aromatic heterocycles. The van der Waals surface area contributed by atoms with Crippen molar-refractivity contribution in [2.45, 2.75) is 76.7 Å². The number of aliphatic carboxylic acids is 1. The van der Waals surface area contributed by atoms with Crippen LogP contribution < -0.4 is 4.74 Å². The van der Waals surface area contributed by atoms with Crippen molar-refractivity contribution in [3.05, 3.63) is 29.3 Å². The zero-order chi connectivity index (χ0) is 24.9. The van der Waals surface area contributed by atoms with Gasteiger partial charge in [0.2, 0.25) is 0 Å². The molecule has 10 heteroatoms. The summed E-state index contributed by atoms with van der Waals surface area (Å²) in [5.74, 6) is -0.107. The highest BCUT2D eigenvalue weighted by Gasteiger charge is 2.45. The molecular weight excluding hydrogens is 453 g/mol. The van der Waals surface area contributed by atoms with Crippen LogP contribution in [0.3, 0.4) is 0 Å². The van der Waals surface area contributed by atoms with Crippen molar-refractivity contribution in [3.63, 3.8) is 0 Å². The van der Waals surface area contributed by atoms with Gasteiger partial charge in [0.1, 0.15) is 5.75 Å². The van der Waals surface area contributed by atoms with Gasteiger partial charge in [0.15, 0.2) is 6.10 Å². The number of likely N-dealkylation sites (tertiary alicyclic amines) is 2. The number of carboxylic acid groups (broad SMARTS) is 1. The summed E-state index contributed by atoms with van der Waals surface area (Å²) in [6, 6.07) is 6.00. The quantitative estimate of drug-likeness (QED) is 0.534. The number of carboxylic acids is 1. The van der Waals surface area contributed by atoms with Gasteiger partial charge in [-0.2, -0.15) is 13.2 Å². The summed E-state index contributed by atoms with van der Waals surface area (Å²) >= 11 is 0. The Morgan fingerprint density at radius 1 is 1.18 bits per heavy atom. The number of carbonyl (C=O) groups excluding carboxylic acids is 1. The summed E-state index contributed by atoms with van der Waals surface area (Å²) in [4.78, 5) is 26.7. The second-order valence-electron chi connectivity index (χ2n) is 9.26. The summed E-state index contributed by atoms with van der Waals surface area (Å²) in [5, 5.41) is 8.83. The maximum Gasteiger partial charge on any atom is 0.425 e. The molecule has 1 aromatic rings. The van der Waals surface area contributed by atoms with E-state index in [4.69, 9.17) is 9.84 Å². The van der Waals surface area contributed by atoms with Crippen molar-refractivity contribution in [2.24, 2.45) is 0 Å². The van der Waals surface area contributed by atoms with Crippen molar-refractivity contribution < 1.29 is 37.3 Å². The Balaban J connectivity index is 1.61. The molecule has 1 atom stereocenters. The fourth-order valence-corrected chi connectivity index (χ4v) is 4.74. The first-order chi connectivity index (χ1) is 16.0. The Labute approximate surface area is 197 Å². The third kappa shape index (κ3) is 6.55. The minimum absolute atomic E-state index is 0.0526. The third-order valence-electron chi connectivity index (χ3n) is 6.81. The lowest BCUT2D eigenvalue weighted by atomic mass is 9.85. The number of halogens is 3. The van der Waals surface area contributed by atoms with E-state index in [1.165, 1.54) is 4.90 Å². The van der Waals surface area contributed by atoms with E-state index in [0.717, 1.165) is 43.2 Å². The van der Waals surface area contributed by atoms with Crippen molar-refractivity contribution >= 4 is 12.1 Å². The average Bonchev–Trinajstić information content (AvgIpc) is 3.14. The second kappa shape index (κ2) is 10.8. The van der Waals surface area contributed by atoms with Crippen LogP contribution in [0.15, 0.2) is 18.2 Å². The molecule has 190 valence electrons. The summed E-state index contributed by atoms with van der Waals surface area (Å²) in [6.45, 7) is 5.39. The number of aryl methyl sites for hydroxylation is 1. The van der Waals surface area contributed by atoms with Gasteiger partial charge in [0.25, 0.3) is 0 Å². The molecule has 1 N–H and O–H groups in total. The van der Waals surface area contributed by atoms with Crippen LogP contribution in [0.5, 0.6) is 5.75 Å². The molecule has 0 radical (unpaired) electrons. The first kappa shape index (κ1) is 26.1. The predicted octanol–water partition coefficient (Wildman–Crippen LogP) is 4.76. The first-order valence-corrected chi connectivity index (χ1v) is 11.7. The summed E-state index contributed by atoms with van der Waals surface area (Å²) in [5.41, 5.74) is 1.95. The van der Waals surface area contributed by atoms with E-state index in [2.05, 4.69) is 9.64 Å². The number of benzene rings is 1. The molecule has 0 bridgehead atoms. The van der Waals surface area contributed by atoms with Crippen LogP contribution in [0.25, 0.3) is 0 Å². The summed E-state index contributed by atoms with van der Waals surface area (Å²) < 4.78 is 48.7. The van der Waals surface area contributed by atoms with Gasteiger partial charge >= 0.3 is 18.2 Å². The highest BCUT2D eigenvalue weighted by atomic mass is 19.4. The molecule has 1 unspecified atom stereocenters. The van der Waals surface area contributed by atoms with Crippen LogP contribution in [-0.4, -0.2) is 71.0 Å². The van der Waals surface area contributed by atoms with Gasteiger partial charge < -0.3 is 19.5 Å². The number of alkyl halides is 3. The lowest BCUT2D eigenvalue weighted by molar-refractivity contribution is -0.200. The monoisotopic (exact) mass is 486 g/mol. The maximum absolute atomic E-state index is 12.7. The molecule has 2 aliphatic heterocycles. The molecule has 7 nitrogen and oxygen atoms in total. The zero-order valence-corrected chi connectivity index (χ0v) is 19.7. The van der Waals surface area contributed by atoms with E-state index < -0.39 is 24.3 Å². The Kier molecular flexibility index (Phi) is 8.33. The number of nitrogens with zero attached hydrogens (tertiary/aromatic N) is 2. The third-order valence-corrected chi connectivity index (χ3v) is 6.81. The lowest BCUT2D eigenvalue weighted by Crippen LogP contribution is -2.53. The SMILES string of the molecule is Cc1ccc(CN2CCCC23CCN(C(=O)OC(C)C(F)(F)F)CC3)c(OCCCC(=O)O)c1. The van der Waals surface area contributed by atoms with E-state index in [0.29, 0.717) is 45.5 Å². The molecule has 2 saturated heterocycles. The van der Waals surface area contributed by atoms with E-state index in [1.807, 2.05) is 25.1 Å². The Morgan fingerprint density at radius 2 is 1.88 bits per heavy atom. The van der Waals surface area contributed by atoms with Gasteiger partial charge in [0.05, 0.1) is 6.61 Å². The first-order valence-electron chi connectivity index (χ1n) is 11.7. The van der Waals surface area contributed by atoms with E-state index in [9.17, 15) is 22.8 Å². The highest BCUT2D eigenvalue weighted by Crippen LogP contribution is 2.40. The van der Waals surface area contributed by atoms with Gasteiger partial charge in [-0.3, -0.25) is 9.69 Å². The molecule has 0 aliphatic carbocycles. The van der Waals surface area contributed by atoms with Gasteiger partial charge in [-0.05, 0) is 64.1 Å². The Bertz CT molecular complexity index is 869. The fourth-order valence-electron chi connectivity index (χ4n) is 4.74. The van der Waals surface area contributed by atoms with E-state index in [1.54, 1.807) is 0 Å². The minimum atomic E-state index is -4.57. The van der Waals surface area contributed by atoms with Gasteiger partial charge in [-0.25, -0.2) is 4.79 Å². The number of hydrogen-bond acceptors (Lipinski definition) is 5. The Morgan fingerprint density at radius 3 is 2.53 bits per heavy atom. The average molecular weight is 487 g/mol. The minimum Gasteiger partial charge on any atom is -0.493 e. The smallest absolute Gasteiger partial charge is 0.425 e. The molecule has 3 rings (SSSR count). The normalized spacial score (nSPS) is 19.3. The van der Waals surface area contributed by atoms with Crippen molar-refractivity contribution in [1.29, 1.82) is 0 Å². The number of piperidine rings is 1. The van der Waals surface area contributed by atoms with Crippen molar-refractivity contribution in [3.8, 4) is 5.75 Å². The number of rotatable bonds is 8. The molecule has 1 amide bonds. The number of carbonyl (C=O) groups is 2. The Hall–Kier alpha value is -2.49. The van der Waals surface area contributed by atoms with E-state index >= 15 is 0 Å². The van der Waals surface area contributed by atoms with Gasteiger partial charge in [0, 0.05) is 37.2 Å². The zero-order valence-electron chi connectivity index (χ0n) is 19.7. The molecular formula is C24H33F3N2O5. The summed E-state index contributed by atoms with van der Waals surface area (Å²) in [6.07, 6.45) is -3.82. The highest BCUT2D eigenvalue weighted by molar-refractivity contribution is 5.68. The lowest BCUT2D eigenvalue weighted by Gasteiger charge is -2.45. The van der Waals surface area contributed by atoms with Crippen molar-refractivity contribution in [1.82, 2.24) is 9.80 Å². The van der Waals surface area contributed by atoms with Crippen LogP contribution in [0.4, 0.5) is 18.0 Å². The molecule has 2 fully saturated rings. The van der Waals surface area contributed by atoms with Crippen molar-refractivity contribution in [2.75, 3.05) is 26.2 Å². The molecule has 2 heterocycles.